The number of rotatable bonds is 8. The monoisotopic (exact) mass is 349 g/mol. The average molecular weight is 349 g/mol. The van der Waals surface area contributed by atoms with Gasteiger partial charge in [0, 0.05) is 6.54 Å². The summed E-state index contributed by atoms with van der Waals surface area (Å²) in [6, 6.07) is 13.9. The van der Waals surface area contributed by atoms with Gasteiger partial charge in [0.05, 0.1) is 24.7 Å². The Balaban J connectivity index is 2.08. The molecule has 0 atom stereocenters. The van der Waals surface area contributed by atoms with E-state index >= 15 is 0 Å². The van der Waals surface area contributed by atoms with E-state index < -0.39 is 10.0 Å². The maximum absolute atomic E-state index is 12.4. The molecule has 0 fully saturated rings. The Labute approximate surface area is 143 Å². The number of hydrogen-bond donors (Lipinski definition) is 1. The lowest BCUT2D eigenvalue weighted by molar-refractivity contribution is 0.0652. The molecule has 0 aliphatic heterocycles. The van der Waals surface area contributed by atoms with Gasteiger partial charge in [-0.3, -0.25) is 0 Å². The summed E-state index contributed by atoms with van der Waals surface area (Å²) in [5, 5.41) is 0. The molecule has 2 aromatic carbocycles. The third-order valence-electron chi connectivity index (χ3n) is 3.51. The summed E-state index contributed by atoms with van der Waals surface area (Å²) >= 11 is 0. The van der Waals surface area contributed by atoms with E-state index in [2.05, 4.69) is 4.72 Å². The molecule has 0 spiro atoms. The van der Waals surface area contributed by atoms with Crippen molar-refractivity contribution in [1.29, 1.82) is 0 Å². The van der Waals surface area contributed by atoms with Crippen LogP contribution in [0.1, 0.15) is 25.0 Å². The second-order valence-corrected chi connectivity index (χ2v) is 7.40. The Hall–Kier alpha value is -1.89. The van der Waals surface area contributed by atoms with Crippen LogP contribution in [0, 0.1) is 0 Å². The second-order valence-electron chi connectivity index (χ2n) is 5.63. The third kappa shape index (κ3) is 5.06. The highest BCUT2D eigenvalue weighted by atomic mass is 32.2. The second kappa shape index (κ2) is 8.28. The average Bonchev–Trinajstić information content (AvgIpc) is 2.59. The molecule has 1 N–H and O–H groups in total. The van der Waals surface area contributed by atoms with Crippen LogP contribution in [0.15, 0.2) is 53.4 Å². The van der Waals surface area contributed by atoms with Gasteiger partial charge in [-0.2, -0.15) is 0 Å². The first-order valence-electron chi connectivity index (χ1n) is 7.74. The first kappa shape index (κ1) is 18.4. The fraction of sp³-hybridized carbons (Fsp3) is 0.333. The van der Waals surface area contributed by atoms with Gasteiger partial charge >= 0.3 is 0 Å². The first-order chi connectivity index (χ1) is 11.4. The van der Waals surface area contributed by atoms with Crippen molar-refractivity contribution in [3.63, 3.8) is 0 Å². The lowest BCUT2D eigenvalue weighted by atomic mass is 10.1. The van der Waals surface area contributed by atoms with Crippen molar-refractivity contribution in [2.24, 2.45) is 0 Å². The van der Waals surface area contributed by atoms with E-state index in [1.54, 1.807) is 12.1 Å². The van der Waals surface area contributed by atoms with E-state index in [-0.39, 0.29) is 17.5 Å². The lowest BCUT2D eigenvalue weighted by Crippen LogP contribution is -2.24. The SMILES string of the molecule is COc1ccc(S(=O)(=O)NCc2ccccc2COC(C)C)cc1. The van der Waals surface area contributed by atoms with Crippen molar-refractivity contribution in [1.82, 2.24) is 4.72 Å². The molecule has 0 aromatic heterocycles. The molecular weight excluding hydrogens is 326 g/mol. The first-order valence-corrected chi connectivity index (χ1v) is 9.23. The minimum atomic E-state index is -3.58. The summed E-state index contributed by atoms with van der Waals surface area (Å²) in [6.45, 7) is 4.61. The molecule has 6 heteroatoms. The molecule has 0 aliphatic carbocycles. The van der Waals surface area contributed by atoms with E-state index in [1.165, 1.54) is 19.2 Å². The van der Waals surface area contributed by atoms with Crippen molar-refractivity contribution in [2.45, 2.75) is 38.0 Å². The van der Waals surface area contributed by atoms with Crippen molar-refractivity contribution in [3.05, 3.63) is 59.7 Å². The maximum Gasteiger partial charge on any atom is 0.240 e. The molecule has 24 heavy (non-hydrogen) atoms. The largest absolute Gasteiger partial charge is 0.497 e. The van der Waals surface area contributed by atoms with Crippen LogP contribution >= 0.6 is 0 Å². The molecule has 0 saturated heterocycles. The maximum atomic E-state index is 12.4. The Bertz CT molecular complexity index is 755. The van der Waals surface area contributed by atoms with Crippen LogP contribution in [-0.2, 0) is 27.9 Å². The number of benzene rings is 2. The molecule has 0 saturated carbocycles. The molecule has 0 unspecified atom stereocenters. The van der Waals surface area contributed by atoms with Gasteiger partial charge in [0.15, 0.2) is 0 Å². The third-order valence-corrected chi connectivity index (χ3v) is 4.93. The predicted octanol–water partition coefficient (Wildman–Crippen LogP) is 3.10. The highest BCUT2D eigenvalue weighted by molar-refractivity contribution is 7.89. The number of nitrogens with one attached hydrogen (secondary N) is 1. The van der Waals surface area contributed by atoms with Gasteiger partial charge in [0.2, 0.25) is 10.0 Å². The summed E-state index contributed by atoms with van der Waals surface area (Å²) in [4.78, 5) is 0.208. The normalized spacial score (nSPS) is 11.7. The minimum absolute atomic E-state index is 0.119. The van der Waals surface area contributed by atoms with E-state index in [4.69, 9.17) is 9.47 Å². The minimum Gasteiger partial charge on any atom is -0.497 e. The predicted molar refractivity (Wildman–Crippen MR) is 93.4 cm³/mol. The zero-order valence-electron chi connectivity index (χ0n) is 14.2. The molecule has 0 aliphatic rings. The number of sulfonamides is 1. The van der Waals surface area contributed by atoms with Crippen LogP contribution in [0.5, 0.6) is 5.75 Å². The molecule has 2 aromatic rings. The Kier molecular flexibility index (Phi) is 6.36. The lowest BCUT2D eigenvalue weighted by Gasteiger charge is -2.13. The van der Waals surface area contributed by atoms with Gasteiger partial charge in [-0.15, -0.1) is 0 Å². The Morgan fingerprint density at radius 3 is 2.21 bits per heavy atom. The van der Waals surface area contributed by atoms with Crippen molar-refractivity contribution in [2.75, 3.05) is 7.11 Å². The van der Waals surface area contributed by atoms with Gasteiger partial charge in [-0.25, -0.2) is 13.1 Å². The molecule has 0 radical (unpaired) electrons. The number of hydrogen-bond acceptors (Lipinski definition) is 4. The smallest absolute Gasteiger partial charge is 0.240 e. The standard InChI is InChI=1S/C18H23NO4S/c1-14(2)23-13-16-7-5-4-6-15(16)12-19-24(20,21)18-10-8-17(22-3)9-11-18/h4-11,14,19H,12-13H2,1-3H3. The van der Waals surface area contributed by atoms with Crippen LogP contribution in [0.2, 0.25) is 0 Å². The van der Waals surface area contributed by atoms with E-state index in [0.29, 0.717) is 12.4 Å². The molecule has 2 rings (SSSR count). The molecule has 0 bridgehead atoms. The van der Waals surface area contributed by atoms with E-state index in [0.717, 1.165) is 11.1 Å². The van der Waals surface area contributed by atoms with Gasteiger partial charge in [-0.1, -0.05) is 24.3 Å². The summed E-state index contributed by atoms with van der Waals surface area (Å²) in [5.41, 5.74) is 1.87. The Morgan fingerprint density at radius 1 is 1.00 bits per heavy atom. The zero-order valence-corrected chi connectivity index (χ0v) is 15.0. The Morgan fingerprint density at radius 2 is 1.62 bits per heavy atom. The van der Waals surface area contributed by atoms with Crippen LogP contribution in [0.4, 0.5) is 0 Å². The van der Waals surface area contributed by atoms with Crippen LogP contribution in [0.3, 0.4) is 0 Å². The fourth-order valence-electron chi connectivity index (χ4n) is 2.14. The topological polar surface area (TPSA) is 64.6 Å². The fourth-order valence-corrected chi connectivity index (χ4v) is 3.14. The van der Waals surface area contributed by atoms with Crippen molar-refractivity contribution >= 4 is 10.0 Å². The molecule has 0 heterocycles. The van der Waals surface area contributed by atoms with Crippen LogP contribution < -0.4 is 9.46 Å². The van der Waals surface area contributed by atoms with E-state index in [9.17, 15) is 8.42 Å². The molecular formula is C18H23NO4S. The van der Waals surface area contributed by atoms with Crippen LogP contribution in [0.25, 0.3) is 0 Å². The van der Waals surface area contributed by atoms with Crippen molar-refractivity contribution in [3.8, 4) is 5.75 Å². The summed E-state index contributed by atoms with van der Waals surface area (Å²) in [5.74, 6) is 0.616. The number of ether oxygens (including phenoxy) is 2. The zero-order chi connectivity index (χ0) is 17.6. The molecule has 0 amide bonds. The molecule has 130 valence electrons. The van der Waals surface area contributed by atoms with Gasteiger partial charge in [-0.05, 0) is 49.2 Å². The highest BCUT2D eigenvalue weighted by Gasteiger charge is 2.14. The van der Waals surface area contributed by atoms with E-state index in [1.807, 2.05) is 38.1 Å². The quantitative estimate of drug-likeness (QED) is 0.795. The van der Waals surface area contributed by atoms with Gasteiger partial charge < -0.3 is 9.47 Å². The van der Waals surface area contributed by atoms with Gasteiger partial charge in [0.25, 0.3) is 0 Å². The summed E-state index contributed by atoms with van der Waals surface area (Å²) in [7, 11) is -2.04. The summed E-state index contributed by atoms with van der Waals surface area (Å²) < 4.78 is 38.1. The highest BCUT2D eigenvalue weighted by Crippen LogP contribution is 2.17. The number of methoxy groups -OCH3 is 1. The van der Waals surface area contributed by atoms with Crippen molar-refractivity contribution < 1.29 is 17.9 Å². The molecule has 5 nitrogen and oxygen atoms in total. The summed E-state index contributed by atoms with van der Waals surface area (Å²) in [6.07, 6.45) is 0.119. The van der Waals surface area contributed by atoms with Crippen LogP contribution in [-0.4, -0.2) is 21.6 Å². The van der Waals surface area contributed by atoms with Gasteiger partial charge in [0.1, 0.15) is 5.75 Å².